The third-order valence-electron chi connectivity index (χ3n) is 4.56. The molecule has 0 N–H and O–H groups in total. The minimum Gasteiger partial charge on any atom is -0.361 e. The minimum atomic E-state index is -3.18. The lowest BCUT2D eigenvalue weighted by Crippen LogP contribution is -2.45. The lowest BCUT2D eigenvalue weighted by Gasteiger charge is -2.41. The zero-order valence-electron chi connectivity index (χ0n) is 13.9. The molecule has 2 saturated heterocycles. The van der Waals surface area contributed by atoms with Gasteiger partial charge in [-0.25, -0.2) is 0 Å². The van der Waals surface area contributed by atoms with Crippen LogP contribution in [0.15, 0.2) is 30.3 Å². The van der Waals surface area contributed by atoms with E-state index in [0.29, 0.717) is 19.8 Å². The van der Waals surface area contributed by atoms with E-state index in [9.17, 15) is 4.57 Å². The Labute approximate surface area is 138 Å². The van der Waals surface area contributed by atoms with Crippen molar-refractivity contribution in [1.82, 2.24) is 4.90 Å². The first-order valence-corrected chi connectivity index (χ1v) is 10.1. The van der Waals surface area contributed by atoms with E-state index in [1.165, 1.54) is 5.56 Å². The van der Waals surface area contributed by atoms with Crippen molar-refractivity contribution in [3.05, 3.63) is 35.9 Å². The van der Waals surface area contributed by atoms with Gasteiger partial charge in [-0.05, 0) is 38.7 Å². The highest BCUT2D eigenvalue weighted by molar-refractivity contribution is 7.54. The van der Waals surface area contributed by atoms with Crippen molar-refractivity contribution in [3.8, 4) is 0 Å². The summed E-state index contributed by atoms with van der Waals surface area (Å²) in [5, 5.41) is 0. The van der Waals surface area contributed by atoms with E-state index in [1.807, 2.05) is 32.0 Å². The van der Waals surface area contributed by atoms with Gasteiger partial charge in [0.2, 0.25) is 0 Å². The summed E-state index contributed by atoms with van der Waals surface area (Å²) in [4.78, 5) is 2.24. The van der Waals surface area contributed by atoms with Crippen molar-refractivity contribution in [2.75, 3.05) is 19.8 Å². The van der Waals surface area contributed by atoms with E-state index in [2.05, 4.69) is 17.0 Å². The Hall–Kier alpha value is -0.710. The average Bonchev–Trinajstić information content (AvgIpc) is 3.00. The molecule has 0 saturated carbocycles. The molecule has 0 amide bonds. The normalized spacial score (nSPS) is 28.7. The van der Waals surface area contributed by atoms with Gasteiger partial charge in [-0.3, -0.25) is 9.46 Å². The fourth-order valence-corrected chi connectivity index (χ4v) is 5.94. The minimum absolute atomic E-state index is 0.00759. The van der Waals surface area contributed by atoms with Gasteiger partial charge in [0.15, 0.2) is 0 Å². The molecule has 23 heavy (non-hydrogen) atoms. The van der Waals surface area contributed by atoms with Crippen LogP contribution in [0.3, 0.4) is 0 Å². The van der Waals surface area contributed by atoms with Crippen LogP contribution in [0.1, 0.15) is 44.7 Å². The maximum atomic E-state index is 13.3. The monoisotopic (exact) mass is 339 g/mol. The third-order valence-corrected chi connectivity index (χ3v) is 7.06. The quantitative estimate of drug-likeness (QED) is 0.728. The molecule has 2 aliphatic heterocycles. The highest BCUT2D eigenvalue weighted by Gasteiger charge is 2.50. The second-order valence-corrected chi connectivity index (χ2v) is 8.14. The molecule has 2 heterocycles. The zero-order chi connectivity index (χ0) is 16.3. The first-order chi connectivity index (χ1) is 11.2. The summed E-state index contributed by atoms with van der Waals surface area (Å²) in [6, 6.07) is 10.4. The van der Waals surface area contributed by atoms with Crippen LogP contribution < -0.4 is 0 Å². The summed E-state index contributed by atoms with van der Waals surface area (Å²) in [7, 11) is -3.18. The predicted octanol–water partition coefficient (Wildman–Crippen LogP) is 4.16. The summed E-state index contributed by atoms with van der Waals surface area (Å²) in [6.07, 6.45) is 2.78. The molecule has 0 aromatic heterocycles. The van der Waals surface area contributed by atoms with Gasteiger partial charge in [-0.1, -0.05) is 30.3 Å². The van der Waals surface area contributed by atoms with Crippen LogP contribution in [-0.4, -0.2) is 36.7 Å². The number of hydrogen-bond donors (Lipinski definition) is 0. The molecule has 2 fully saturated rings. The summed E-state index contributed by atoms with van der Waals surface area (Å²) in [5.41, 5.74) is 1.20. The predicted molar refractivity (Wildman–Crippen MR) is 89.3 cm³/mol. The number of hydrogen-bond acceptors (Lipinski definition) is 5. The third kappa shape index (κ3) is 3.40. The van der Waals surface area contributed by atoms with Crippen molar-refractivity contribution in [2.24, 2.45) is 0 Å². The molecule has 0 spiro atoms. The van der Waals surface area contributed by atoms with Crippen LogP contribution in [0.2, 0.25) is 0 Å². The van der Waals surface area contributed by atoms with E-state index in [0.717, 1.165) is 19.3 Å². The highest BCUT2D eigenvalue weighted by Crippen LogP contribution is 2.60. The molecular weight excluding hydrogens is 313 g/mol. The van der Waals surface area contributed by atoms with Gasteiger partial charge >= 0.3 is 7.60 Å². The first-order valence-electron chi connectivity index (χ1n) is 8.52. The molecule has 2 aliphatic rings. The summed E-state index contributed by atoms with van der Waals surface area (Å²) in [6.45, 7) is 5.14. The van der Waals surface area contributed by atoms with Gasteiger partial charge in [0.05, 0.1) is 25.9 Å². The molecule has 3 atom stereocenters. The average molecular weight is 339 g/mol. The van der Waals surface area contributed by atoms with Gasteiger partial charge in [-0.2, -0.15) is 0 Å². The van der Waals surface area contributed by atoms with E-state index in [4.69, 9.17) is 13.8 Å². The largest absolute Gasteiger partial charge is 0.361 e. The lowest BCUT2D eigenvalue weighted by molar-refractivity contribution is -0.0146. The van der Waals surface area contributed by atoms with Crippen molar-refractivity contribution in [2.45, 2.75) is 51.2 Å². The number of benzene rings is 1. The maximum absolute atomic E-state index is 13.3. The molecule has 3 rings (SSSR count). The van der Waals surface area contributed by atoms with Gasteiger partial charge in [-0.15, -0.1) is 0 Å². The molecule has 6 heteroatoms. The van der Waals surface area contributed by atoms with Crippen LogP contribution >= 0.6 is 7.60 Å². The number of nitrogens with zero attached hydrogens (tertiary/aromatic N) is 1. The Bertz CT molecular complexity index is 543. The Morgan fingerprint density at radius 2 is 1.87 bits per heavy atom. The number of rotatable bonds is 6. The fraction of sp³-hybridized carbons (Fsp3) is 0.647. The SMILES string of the molecule is CCOP(=O)(OCC)C1CCCC2OCC(c3ccccc3)N21. The van der Waals surface area contributed by atoms with Gasteiger partial charge in [0.25, 0.3) is 0 Å². The molecule has 3 unspecified atom stereocenters. The summed E-state index contributed by atoms with van der Waals surface area (Å²) >= 11 is 0. The molecule has 0 radical (unpaired) electrons. The van der Waals surface area contributed by atoms with Crippen molar-refractivity contribution in [3.63, 3.8) is 0 Å². The molecule has 0 bridgehead atoms. The Morgan fingerprint density at radius 3 is 2.52 bits per heavy atom. The standard InChI is InChI=1S/C17H26NO4P/c1-3-21-23(19,22-4-2)17-12-8-11-16-18(17)15(13-20-16)14-9-6-5-7-10-14/h5-7,9-10,15-17H,3-4,8,11-13H2,1-2H3. The number of fused-ring (bicyclic) bond motifs is 1. The van der Waals surface area contributed by atoms with Crippen LogP contribution in [0.25, 0.3) is 0 Å². The summed E-state index contributed by atoms with van der Waals surface area (Å²) < 4.78 is 30.6. The van der Waals surface area contributed by atoms with Crippen LogP contribution in [0.4, 0.5) is 0 Å². The molecule has 1 aromatic rings. The van der Waals surface area contributed by atoms with E-state index in [1.54, 1.807) is 0 Å². The molecular formula is C17H26NO4P. The van der Waals surface area contributed by atoms with Crippen molar-refractivity contribution in [1.29, 1.82) is 0 Å². The Balaban J connectivity index is 1.91. The van der Waals surface area contributed by atoms with Crippen molar-refractivity contribution < 1.29 is 18.3 Å². The van der Waals surface area contributed by atoms with E-state index >= 15 is 0 Å². The van der Waals surface area contributed by atoms with Crippen molar-refractivity contribution >= 4 is 7.60 Å². The van der Waals surface area contributed by atoms with Gasteiger partial charge < -0.3 is 13.8 Å². The Kier molecular flexibility index (Phi) is 5.55. The molecule has 5 nitrogen and oxygen atoms in total. The topological polar surface area (TPSA) is 48.0 Å². The second kappa shape index (κ2) is 7.45. The van der Waals surface area contributed by atoms with Crippen LogP contribution in [0.5, 0.6) is 0 Å². The molecule has 1 aromatic carbocycles. The Morgan fingerprint density at radius 1 is 1.17 bits per heavy atom. The lowest BCUT2D eigenvalue weighted by atomic mass is 10.0. The number of piperidine rings is 1. The van der Waals surface area contributed by atoms with Gasteiger partial charge in [0, 0.05) is 0 Å². The van der Waals surface area contributed by atoms with E-state index in [-0.39, 0.29) is 18.1 Å². The molecule has 128 valence electrons. The first kappa shape index (κ1) is 17.1. The second-order valence-electron chi connectivity index (χ2n) is 5.95. The fourth-order valence-electron chi connectivity index (χ4n) is 3.67. The zero-order valence-corrected chi connectivity index (χ0v) is 14.8. The number of ether oxygens (including phenoxy) is 1. The van der Waals surface area contributed by atoms with Crippen LogP contribution in [-0.2, 0) is 18.3 Å². The molecule has 0 aliphatic carbocycles. The van der Waals surface area contributed by atoms with Crippen LogP contribution in [0, 0.1) is 0 Å². The van der Waals surface area contributed by atoms with E-state index < -0.39 is 7.60 Å². The summed E-state index contributed by atoms with van der Waals surface area (Å²) in [5.74, 6) is -0.228. The smallest absolute Gasteiger partial charge is 0.347 e. The highest BCUT2D eigenvalue weighted by atomic mass is 31.2. The maximum Gasteiger partial charge on any atom is 0.347 e. The van der Waals surface area contributed by atoms with Gasteiger partial charge in [0.1, 0.15) is 12.0 Å².